The molecular formula is C26H36N2O3. The summed E-state index contributed by atoms with van der Waals surface area (Å²) in [5.74, 6) is 0.594. The minimum atomic E-state index is -0.147. The second kappa shape index (κ2) is 10.5. The van der Waals surface area contributed by atoms with Crippen molar-refractivity contribution in [3.8, 4) is 11.5 Å². The Labute approximate surface area is 187 Å². The highest BCUT2D eigenvalue weighted by molar-refractivity contribution is 6.04. The van der Waals surface area contributed by atoms with Gasteiger partial charge in [0.1, 0.15) is 5.75 Å². The molecule has 5 nitrogen and oxygen atoms in total. The largest absolute Gasteiger partial charge is 0.456 e. The number of para-hydroxylation sites is 2. The zero-order valence-electron chi connectivity index (χ0n) is 20.0. The summed E-state index contributed by atoms with van der Waals surface area (Å²) >= 11 is 0. The summed E-state index contributed by atoms with van der Waals surface area (Å²) < 4.78 is 6.21. The molecule has 0 aliphatic carbocycles. The summed E-state index contributed by atoms with van der Waals surface area (Å²) in [5.41, 5.74) is 0.786. The van der Waals surface area contributed by atoms with Crippen molar-refractivity contribution in [2.24, 2.45) is 0 Å². The molecule has 0 atom stereocenters. The molecule has 0 fully saturated rings. The van der Waals surface area contributed by atoms with Crippen LogP contribution in [0.15, 0.2) is 48.5 Å². The molecular weight excluding hydrogens is 388 g/mol. The molecule has 0 aromatic heterocycles. The first-order valence-corrected chi connectivity index (χ1v) is 11.1. The average molecular weight is 425 g/mol. The molecule has 0 radical (unpaired) electrons. The summed E-state index contributed by atoms with van der Waals surface area (Å²) in [6, 6.07) is 14.6. The van der Waals surface area contributed by atoms with Gasteiger partial charge in [0.05, 0.1) is 11.1 Å². The fraction of sp³-hybridized carbons (Fsp3) is 0.462. The molecule has 2 aromatic rings. The van der Waals surface area contributed by atoms with Crippen molar-refractivity contribution in [3.05, 3.63) is 59.7 Å². The number of ether oxygens (including phenoxy) is 1. The molecule has 5 heteroatoms. The number of carbonyl (C=O) groups excluding carboxylic acids is 2. The Morgan fingerprint density at radius 2 is 1.00 bits per heavy atom. The van der Waals surface area contributed by atoms with Crippen molar-refractivity contribution >= 4 is 11.8 Å². The summed E-state index contributed by atoms with van der Waals surface area (Å²) in [7, 11) is 0. The minimum Gasteiger partial charge on any atom is -0.456 e. The number of carbonyl (C=O) groups is 2. The van der Waals surface area contributed by atoms with Gasteiger partial charge in [-0.3, -0.25) is 9.59 Å². The summed E-state index contributed by atoms with van der Waals surface area (Å²) in [5, 5.41) is 0. The lowest BCUT2D eigenvalue weighted by Gasteiger charge is -2.33. The van der Waals surface area contributed by atoms with E-state index >= 15 is 0 Å². The normalized spacial score (nSPS) is 11.4. The van der Waals surface area contributed by atoms with Crippen LogP contribution in [0.3, 0.4) is 0 Å². The lowest BCUT2D eigenvalue weighted by atomic mass is 10.0. The first-order chi connectivity index (χ1) is 14.6. The van der Waals surface area contributed by atoms with E-state index in [0.717, 1.165) is 0 Å². The fourth-order valence-corrected chi connectivity index (χ4v) is 4.00. The monoisotopic (exact) mass is 424 g/mol. The van der Waals surface area contributed by atoms with Gasteiger partial charge in [-0.25, -0.2) is 0 Å². The molecule has 0 saturated carbocycles. The van der Waals surface area contributed by atoms with Crippen molar-refractivity contribution < 1.29 is 14.3 Å². The van der Waals surface area contributed by atoms with E-state index in [2.05, 4.69) is 0 Å². The number of benzene rings is 2. The molecule has 0 heterocycles. The van der Waals surface area contributed by atoms with Gasteiger partial charge in [0, 0.05) is 24.2 Å². The third-order valence-electron chi connectivity index (χ3n) is 5.13. The second-order valence-corrected chi connectivity index (χ2v) is 8.90. The van der Waals surface area contributed by atoms with E-state index in [1.807, 2.05) is 95.5 Å². The van der Waals surface area contributed by atoms with Gasteiger partial charge in [-0.1, -0.05) is 24.3 Å². The Morgan fingerprint density at radius 1 is 0.613 bits per heavy atom. The van der Waals surface area contributed by atoms with E-state index < -0.39 is 0 Å². The maximum absolute atomic E-state index is 13.6. The average Bonchev–Trinajstić information content (AvgIpc) is 2.67. The van der Waals surface area contributed by atoms with Crippen LogP contribution in [-0.2, 0) is 0 Å². The Kier molecular flexibility index (Phi) is 8.26. The van der Waals surface area contributed by atoms with Gasteiger partial charge < -0.3 is 14.5 Å². The zero-order valence-corrected chi connectivity index (χ0v) is 20.0. The van der Waals surface area contributed by atoms with Crippen LogP contribution in [0.4, 0.5) is 0 Å². The number of rotatable bonds is 8. The van der Waals surface area contributed by atoms with Crippen molar-refractivity contribution in [3.63, 3.8) is 0 Å². The van der Waals surface area contributed by atoms with Gasteiger partial charge in [-0.2, -0.15) is 0 Å². The molecule has 31 heavy (non-hydrogen) atoms. The molecule has 0 N–H and O–H groups in total. The summed E-state index contributed by atoms with van der Waals surface area (Å²) in [6.45, 7) is 15.9. The number of nitrogens with zero attached hydrogens (tertiary/aromatic N) is 2. The van der Waals surface area contributed by atoms with Crippen molar-refractivity contribution in [2.75, 3.05) is 0 Å². The van der Waals surface area contributed by atoms with Crippen LogP contribution >= 0.6 is 0 Å². The fourth-order valence-electron chi connectivity index (χ4n) is 4.00. The van der Waals surface area contributed by atoms with Crippen molar-refractivity contribution in [1.82, 2.24) is 9.80 Å². The van der Waals surface area contributed by atoms with Crippen LogP contribution in [0.2, 0.25) is 0 Å². The highest BCUT2D eigenvalue weighted by atomic mass is 16.5. The van der Waals surface area contributed by atoms with Gasteiger partial charge >= 0.3 is 0 Å². The molecule has 2 aromatic carbocycles. The van der Waals surface area contributed by atoms with E-state index in [-0.39, 0.29) is 36.0 Å². The molecule has 0 saturated heterocycles. The highest BCUT2D eigenvalue weighted by Gasteiger charge is 2.30. The maximum Gasteiger partial charge on any atom is 0.258 e. The van der Waals surface area contributed by atoms with E-state index in [1.165, 1.54) is 0 Å². The molecule has 0 spiro atoms. The predicted octanol–water partition coefficient (Wildman–Crippen LogP) is 6.00. The van der Waals surface area contributed by atoms with Crippen LogP contribution in [0.1, 0.15) is 76.1 Å². The van der Waals surface area contributed by atoms with Crippen LogP contribution in [-0.4, -0.2) is 45.8 Å². The smallest absolute Gasteiger partial charge is 0.258 e. The number of amides is 2. The molecule has 168 valence electrons. The van der Waals surface area contributed by atoms with Crippen LogP contribution in [0.25, 0.3) is 0 Å². The molecule has 2 amide bonds. The molecule has 0 aliphatic rings. The lowest BCUT2D eigenvalue weighted by molar-refractivity contribution is 0.0638. The van der Waals surface area contributed by atoms with Crippen LogP contribution in [0.5, 0.6) is 11.5 Å². The second-order valence-electron chi connectivity index (χ2n) is 8.90. The SMILES string of the molecule is CC(C)N(C(=O)c1cccc(C(=O)N(C(C)C)C(C)C)c1Oc1ccccc1)C(C)C. The Morgan fingerprint density at radius 3 is 1.35 bits per heavy atom. The van der Waals surface area contributed by atoms with E-state index in [0.29, 0.717) is 22.6 Å². The van der Waals surface area contributed by atoms with Crippen molar-refractivity contribution in [2.45, 2.75) is 79.6 Å². The van der Waals surface area contributed by atoms with Gasteiger partial charge in [0.2, 0.25) is 0 Å². The van der Waals surface area contributed by atoms with Crippen LogP contribution < -0.4 is 4.74 Å². The van der Waals surface area contributed by atoms with Gasteiger partial charge in [0.15, 0.2) is 5.75 Å². The zero-order chi connectivity index (χ0) is 23.3. The Hall–Kier alpha value is -2.82. The Bertz CT molecular complexity index is 823. The lowest BCUT2D eigenvalue weighted by Crippen LogP contribution is -2.43. The number of hydrogen-bond acceptors (Lipinski definition) is 3. The molecule has 2 rings (SSSR count). The predicted molar refractivity (Wildman–Crippen MR) is 126 cm³/mol. The van der Waals surface area contributed by atoms with E-state index in [1.54, 1.807) is 18.2 Å². The van der Waals surface area contributed by atoms with Crippen LogP contribution in [0, 0.1) is 0 Å². The first-order valence-electron chi connectivity index (χ1n) is 11.1. The van der Waals surface area contributed by atoms with Crippen molar-refractivity contribution in [1.29, 1.82) is 0 Å². The minimum absolute atomic E-state index is 0.0132. The third-order valence-corrected chi connectivity index (χ3v) is 5.13. The van der Waals surface area contributed by atoms with E-state index in [4.69, 9.17) is 4.74 Å². The third kappa shape index (κ3) is 5.66. The molecule has 0 bridgehead atoms. The number of hydrogen-bond donors (Lipinski definition) is 0. The van der Waals surface area contributed by atoms with Gasteiger partial charge in [-0.15, -0.1) is 0 Å². The summed E-state index contributed by atoms with van der Waals surface area (Å²) in [6.07, 6.45) is 0. The molecule has 0 aliphatic heterocycles. The Balaban J connectivity index is 2.67. The summed E-state index contributed by atoms with van der Waals surface area (Å²) in [4.78, 5) is 30.8. The standard InChI is InChI=1S/C26H36N2O3/c1-17(2)27(18(3)4)25(29)22-15-12-16-23(26(30)28(19(5)6)20(7)8)24(22)31-21-13-10-9-11-14-21/h9-20H,1-8H3. The molecule has 0 unspecified atom stereocenters. The highest BCUT2D eigenvalue weighted by Crippen LogP contribution is 2.33. The van der Waals surface area contributed by atoms with Gasteiger partial charge in [-0.05, 0) is 79.7 Å². The van der Waals surface area contributed by atoms with E-state index in [9.17, 15) is 9.59 Å². The first kappa shape index (κ1) is 24.4. The van der Waals surface area contributed by atoms with Gasteiger partial charge in [0.25, 0.3) is 11.8 Å². The quantitative estimate of drug-likeness (QED) is 0.522. The maximum atomic E-state index is 13.6. The topological polar surface area (TPSA) is 49.9 Å².